The van der Waals surface area contributed by atoms with Crippen molar-refractivity contribution in [2.24, 2.45) is 0 Å². The highest BCUT2D eigenvalue weighted by Crippen LogP contribution is 2.21. The van der Waals surface area contributed by atoms with Crippen LogP contribution < -0.4 is 10.9 Å². The van der Waals surface area contributed by atoms with Crippen LogP contribution in [0.5, 0.6) is 0 Å². The number of carbonyl (C=O) groups excluding carboxylic acids is 1. The van der Waals surface area contributed by atoms with Crippen LogP contribution >= 0.6 is 0 Å². The standard InChI is InChI=1S/C20H16FN3O4/c1-13-10-16(24(27)28)7-8-18(13)22-19(25)17-6-3-9-23(20(17)26)12-14-4-2-5-15(21)11-14/h2-11H,12H2,1H3,(H,22,25). The van der Waals surface area contributed by atoms with E-state index in [0.29, 0.717) is 16.8 Å². The van der Waals surface area contributed by atoms with Crippen LogP contribution in [0.2, 0.25) is 0 Å². The number of hydrogen-bond donors (Lipinski definition) is 1. The van der Waals surface area contributed by atoms with Gasteiger partial charge in [0.15, 0.2) is 0 Å². The summed E-state index contributed by atoms with van der Waals surface area (Å²) in [5.74, 6) is -1.04. The first-order valence-corrected chi connectivity index (χ1v) is 8.35. The van der Waals surface area contributed by atoms with Gasteiger partial charge in [0.05, 0.1) is 11.5 Å². The molecule has 8 heteroatoms. The van der Waals surface area contributed by atoms with Crippen LogP contribution in [0.1, 0.15) is 21.5 Å². The Bertz CT molecular complexity index is 1120. The fourth-order valence-electron chi connectivity index (χ4n) is 2.76. The fraction of sp³-hybridized carbons (Fsp3) is 0.100. The van der Waals surface area contributed by atoms with E-state index in [-0.39, 0.29) is 17.8 Å². The molecule has 0 fully saturated rings. The summed E-state index contributed by atoms with van der Waals surface area (Å²) >= 11 is 0. The molecule has 0 saturated heterocycles. The van der Waals surface area contributed by atoms with Crippen molar-refractivity contribution in [3.05, 3.63) is 104 Å². The smallest absolute Gasteiger partial charge is 0.269 e. The molecule has 0 atom stereocenters. The molecule has 0 aliphatic rings. The molecular formula is C20H16FN3O4. The minimum absolute atomic E-state index is 0.0864. The Balaban J connectivity index is 1.85. The van der Waals surface area contributed by atoms with Gasteiger partial charge in [-0.1, -0.05) is 12.1 Å². The lowest BCUT2D eigenvalue weighted by Crippen LogP contribution is -2.29. The van der Waals surface area contributed by atoms with Gasteiger partial charge in [0, 0.05) is 24.0 Å². The van der Waals surface area contributed by atoms with Crippen molar-refractivity contribution in [3.8, 4) is 0 Å². The Morgan fingerprint density at radius 3 is 2.64 bits per heavy atom. The van der Waals surface area contributed by atoms with Crippen molar-refractivity contribution >= 4 is 17.3 Å². The number of aryl methyl sites for hydroxylation is 1. The number of non-ortho nitro benzene ring substituents is 1. The number of halogens is 1. The summed E-state index contributed by atoms with van der Waals surface area (Å²) in [6, 6.07) is 12.8. The van der Waals surface area contributed by atoms with Crippen LogP contribution in [-0.4, -0.2) is 15.4 Å². The second-order valence-electron chi connectivity index (χ2n) is 6.20. The molecule has 7 nitrogen and oxygen atoms in total. The minimum atomic E-state index is -0.629. The lowest BCUT2D eigenvalue weighted by molar-refractivity contribution is -0.384. The number of anilines is 1. The van der Waals surface area contributed by atoms with Gasteiger partial charge in [-0.3, -0.25) is 19.7 Å². The number of hydrogen-bond acceptors (Lipinski definition) is 4. The number of rotatable bonds is 5. The number of carbonyl (C=O) groups is 1. The Labute approximate surface area is 159 Å². The Morgan fingerprint density at radius 2 is 1.96 bits per heavy atom. The number of nitrogens with zero attached hydrogens (tertiary/aromatic N) is 2. The molecule has 0 aliphatic carbocycles. The van der Waals surface area contributed by atoms with Gasteiger partial charge < -0.3 is 9.88 Å². The number of benzene rings is 2. The molecule has 0 bridgehead atoms. The maximum absolute atomic E-state index is 13.3. The fourth-order valence-corrected chi connectivity index (χ4v) is 2.76. The Hall–Kier alpha value is -3.81. The second-order valence-corrected chi connectivity index (χ2v) is 6.20. The highest BCUT2D eigenvalue weighted by atomic mass is 19.1. The van der Waals surface area contributed by atoms with Gasteiger partial charge in [0.1, 0.15) is 11.4 Å². The number of nitrogens with one attached hydrogen (secondary N) is 1. The zero-order valence-corrected chi connectivity index (χ0v) is 14.9. The maximum Gasteiger partial charge on any atom is 0.269 e. The van der Waals surface area contributed by atoms with E-state index >= 15 is 0 Å². The number of nitro benzene ring substituents is 1. The van der Waals surface area contributed by atoms with E-state index in [1.54, 1.807) is 25.1 Å². The van der Waals surface area contributed by atoms with Crippen LogP contribution in [0.15, 0.2) is 65.6 Å². The molecule has 0 unspecified atom stereocenters. The van der Waals surface area contributed by atoms with Crippen molar-refractivity contribution in [3.63, 3.8) is 0 Å². The molecule has 1 N–H and O–H groups in total. The zero-order valence-electron chi connectivity index (χ0n) is 14.9. The molecule has 0 spiro atoms. The van der Waals surface area contributed by atoms with Crippen molar-refractivity contribution < 1.29 is 14.1 Å². The van der Waals surface area contributed by atoms with Crippen LogP contribution in [0.3, 0.4) is 0 Å². The van der Waals surface area contributed by atoms with E-state index in [2.05, 4.69) is 5.32 Å². The van der Waals surface area contributed by atoms with Gasteiger partial charge >= 0.3 is 0 Å². The highest BCUT2D eigenvalue weighted by Gasteiger charge is 2.15. The van der Waals surface area contributed by atoms with Crippen LogP contribution in [0.4, 0.5) is 15.8 Å². The number of pyridine rings is 1. The third kappa shape index (κ3) is 4.12. The topological polar surface area (TPSA) is 94.2 Å². The van der Waals surface area contributed by atoms with Crippen molar-refractivity contribution in [2.75, 3.05) is 5.32 Å². The van der Waals surface area contributed by atoms with Gasteiger partial charge in [-0.05, 0) is 48.4 Å². The maximum atomic E-state index is 13.3. The molecule has 1 aromatic heterocycles. The predicted octanol–water partition coefficient (Wildman–Crippen LogP) is 3.50. The average molecular weight is 381 g/mol. The first-order valence-electron chi connectivity index (χ1n) is 8.35. The average Bonchev–Trinajstić information content (AvgIpc) is 2.65. The van der Waals surface area contributed by atoms with E-state index in [1.165, 1.54) is 47.2 Å². The first-order chi connectivity index (χ1) is 13.3. The molecule has 0 saturated carbocycles. The quantitative estimate of drug-likeness (QED) is 0.541. The van der Waals surface area contributed by atoms with Gasteiger partial charge in [-0.2, -0.15) is 0 Å². The largest absolute Gasteiger partial charge is 0.322 e. The van der Waals surface area contributed by atoms with Gasteiger partial charge in [-0.15, -0.1) is 0 Å². The predicted molar refractivity (Wildman–Crippen MR) is 102 cm³/mol. The van der Waals surface area contributed by atoms with Gasteiger partial charge in [0.25, 0.3) is 17.2 Å². The van der Waals surface area contributed by atoms with Crippen LogP contribution in [0, 0.1) is 22.9 Å². The van der Waals surface area contributed by atoms with Crippen molar-refractivity contribution in [1.82, 2.24) is 4.57 Å². The van der Waals surface area contributed by atoms with Crippen molar-refractivity contribution in [2.45, 2.75) is 13.5 Å². The van der Waals surface area contributed by atoms with E-state index in [4.69, 9.17) is 0 Å². The molecule has 0 aliphatic heterocycles. The summed E-state index contributed by atoms with van der Waals surface area (Å²) in [7, 11) is 0. The van der Waals surface area contributed by atoms with Crippen LogP contribution in [0.25, 0.3) is 0 Å². The van der Waals surface area contributed by atoms with E-state index < -0.39 is 22.2 Å². The van der Waals surface area contributed by atoms with Gasteiger partial charge in [-0.25, -0.2) is 4.39 Å². The highest BCUT2D eigenvalue weighted by molar-refractivity contribution is 6.04. The molecular weight excluding hydrogens is 365 g/mol. The molecule has 3 aromatic rings. The lowest BCUT2D eigenvalue weighted by Gasteiger charge is -2.10. The zero-order chi connectivity index (χ0) is 20.3. The molecule has 1 heterocycles. The number of nitro groups is 1. The van der Waals surface area contributed by atoms with E-state index in [1.807, 2.05) is 0 Å². The molecule has 28 heavy (non-hydrogen) atoms. The molecule has 142 valence electrons. The lowest BCUT2D eigenvalue weighted by atomic mass is 10.1. The third-order valence-electron chi connectivity index (χ3n) is 4.18. The summed E-state index contributed by atoms with van der Waals surface area (Å²) in [6.07, 6.45) is 1.52. The summed E-state index contributed by atoms with van der Waals surface area (Å²) in [5.41, 5.74) is 0.758. The number of amides is 1. The summed E-state index contributed by atoms with van der Waals surface area (Å²) in [6.45, 7) is 1.74. The number of aromatic nitrogens is 1. The van der Waals surface area contributed by atoms with Crippen LogP contribution in [-0.2, 0) is 6.54 Å². The minimum Gasteiger partial charge on any atom is -0.322 e. The summed E-state index contributed by atoms with van der Waals surface area (Å²) in [4.78, 5) is 35.5. The van der Waals surface area contributed by atoms with Gasteiger partial charge in [0.2, 0.25) is 0 Å². The summed E-state index contributed by atoms with van der Waals surface area (Å²) < 4.78 is 14.7. The Morgan fingerprint density at radius 1 is 1.18 bits per heavy atom. The Kier molecular flexibility index (Phi) is 5.30. The molecule has 1 amide bonds. The molecule has 3 rings (SSSR count). The van der Waals surface area contributed by atoms with E-state index in [9.17, 15) is 24.1 Å². The molecule has 0 radical (unpaired) electrons. The summed E-state index contributed by atoms with van der Waals surface area (Å²) in [5, 5.41) is 13.4. The normalized spacial score (nSPS) is 10.5. The SMILES string of the molecule is Cc1cc([N+](=O)[O-])ccc1NC(=O)c1cccn(Cc2cccc(F)c2)c1=O. The van der Waals surface area contributed by atoms with Crippen molar-refractivity contribution in [1.29, 1.82) is 0 Å². The third-order valence-corrected chi connectivity index (χ3v) is 4.18. The second kappa shape index (κ2) is 7.83. The monoisotopic (exact) mass is 381 g/mol. The first kappa shape index (κ1) is 19.0. The molecule has 2 aromatic carbocycles. The van der Waals surface area contributed by atoms with E-state index in [0.717, 1.165) is 0 Å².